The lowest BCUT2D eigenvalue weighted by Crippen LogP contribution is -2.45. The van der Waals surface area contributed by atoms with Gasteiger partial charge in [0.25, 0.3) is 0 Å². The highest BCUT2D eigenvalue weighted by atomic mass is 19.1. The molecular weight excluding hydrogens is 265 g/mol. The number of primary amides is 1. The lowest BCUT2D eigenvalue weighted by molar-refractivity contribution is -0.132. The number of amides is 1. The van der Waals surface area contributed by atoms with Gasteiger partial charge in [0.15, 0.2) is 0 Å². The molecular formula is C18H28FNO. The summed E-state index contributed by atoms with van der Waals surface area (Å²) in [5.74, 6) is -0.0874. The molecule has 0 aliphatic carbocycles. The topological polar surface area (TPSA) is 43.1 Å². The third kappa shape index (κ3) is 3.84. The van der Waals surface area contributed by atoms with Crippen LogP contribution in [0.15, 0.2) is 18.2 Å². The second-order valence-corrected chi connectivity index (χ2v) is 7.54. The highest BCUT2D eigenvalue weighted by Gasteiger charge is 2.42. The molecule has 0 saturated carbocycles. The maximum atomic E-state index is 14.6. The minimum Gasteiger partial charge on any atom is -0.369 e. The van der Waals surface area contributed by atoms with Crippen molar-refractivity contribution in [1.82, 2.24) is 0 Å². The van der Waals surface area contributed by atoms with Crippen molar-refractivity contribution in [3.05, 3.63) is 35.1 Å². The Hall–Kier alpha value is -1.38. The summed E-state index contributed by atoms with van der Waals surface area (Å²) >= 11 is 0. The number of rotatable bonds is 6. The first-order valence-corrected chi connectivity index (χ1v) is 7.55. The number of halogens is 1. The number of hydrogen-bond acceptors (Lipinski definition) is 1. The zero-order valence-corrected chi connectivity index (χ0v) is 14.1. The third-order valence-electron chi connectivity index (χ3n) is 4.73. The fourth-order valence-corrected chi connectivity index (χ4v) is 2.40. The van der Waals surface area contributed by atoms with E-state index in [1.165, 1.54) is 0 Å². The van der Waals surface area contributed by atoms with Gasteiger partial charge in [0.1, 0.15) is 5.82 Å². The summed E-state index contributed by atoms with van der Waals surface area (Å²) in [4.78, 5) is 11.7. The van der Waals surface area contributed by atoms with Gasteiger partial charge in [0, 0.05) is 5.41 Å². The number of nitrogens with two attached hydrogens (primary N) is 1. The molecule has 0 aliphatic heterocycles. The molecule has 1 aromatic carbocycles. The maximum absolute atomic E-state index is 14.6. The zero-order chi connectivity index (χ0) is 16.4. The van der Waals surface area contributed by atoms with E-state index in [4.69, 9.17) is 5.73 Å². The standard InChI is InChI=1S/C18H28FNO/c1-12(2)10-13-8-7-9-14(15(13)19)11-17(3,4)18(5,6)16(20)21/h7-9,12H,10-11H2,1-6H3,(H2,20,21). The summed E-state index contributed by atoms with van der Waals surface area (Å²) in [6.45, 7) is 11.7. The van der Waals surface area contributed by atoms with Crippen molar-refractivity contribution in [3.63, 3.8) is 0 Å². The van der Waals surface area contributed by atoms with Crippen molar-refractivity contribution in [2.75, 3.05) is 0 Å². The van der Waals surface area contributed by atoms with Gasteiger partial charge in [-0.15, -0.1) is 0 Å². The molecule has 0 aromatic heterocycles. The second-order valence-electron chi connectivity index (χ2n) is 7.54. The molecule has 0 atom stereocenters. The Labute approximate surface area is 127 Å². The average Bonchev–Trinajstić information content (AvgIpc) is 2.33. The van der Waals surface area contributed by atoms with Gasteiger partial charge in [-0.1, -0.05) is 59.7 Å². The number of carbonyl (C=O) groups excluding carboxylic acids is 1. The molecule has 0 radical (unpaired) electrons. The van der Waals surface area contributed by atoms with Crippen LogP contribution >= 0.6 is 0 Å². The van der Waals surface area contributed by atoms with E-state index in [9.17, 15) is 9.18 Å². The van der Waals surface area contributed by atoms with Crippen LogP contribution in [0.1, 0.15) is 52.7 Å². The first-order valence-electron chi connectivity index (χ1n) is 7.55. The van der Waals surface area contributed by atoms with E-state index in [1.54, 1.807) is 6.07 Å². The molecule has 21 heavy (non-hydrogen) atoms. The Morgan fingerprint density at radius 2 is 1.71 bits per heavy atom. The maximum Gasteiger partial charge on any atom is 0.223 e. The monoisotopic (exact) mass is 293 g/mol. The van der Waals surface area contributed by atoms with Crippen LogP contribution in [0.3, 0.4) is 0 Å². The van der Waals surface area contributed by atoms with Gasteiger partial charge in [-0.25, -0.2) is 4.39 Å². The van der Waals surface area contributed by atoms with Crippen molar-refractivity contribution in [2.45, 2.75) is 54.4 Å². The Morgan fingerprint density at radius 3 is 2.19 bits per heavy atom. The quantitative estimate of drug-likeness (QED) is 0.843. The van der Waals surface area contributed by atoms with Crippen LogP contribution in [0, 0.1) is 22.6 Å². The Morgan fingerprint density at radius 1 is 1.19 bits per heavy atom. The first kappa shape index (κ1) is 17.7. The molecule has 0 fully saturated rings. The molecule has 3 heteroatoms. The molecule has 1 rings (SSSR count). The lowest BCUT2D eigenvalue weighted by atomic mass is 9.64. The van der Waals surface area contributed by atoms with Gasteiger partial charge >= 0.3 is 0 Å². The molecule has 2 N–H and O–H groups in total. The van der Waals surface area contributed by atoms with Gasteiger partial charge in [-0.3, -0.25) is 4.79 Å². The average molecular weight is 293 g/mol. The van der Waals surface area contributed by atoms with Crippen LogP contribution in [-0.2, 0) is 17.6 Å². The van der Waals surface area contributed by atoms with Crippen LogP contribution in [0.2, 0.25) is 0 Å². The minimum atomic E-state index is -0.701. The molecule has 0 spiro atoms. The highest BCUT2D eigenvalue weighted by molar-refractivity contribution is 5.80. The molecule has 0 saturated heterocycles. The first-order chi connectivity index (χ1) is 9.49. The van der Waals surface area contributed by atoms with Crippen LogP contribution in [0.4, 0.5) is 4.39 Å². The van der Waals surface area contributed by atoms with Crippen LogP contribution < -0.4 is 5.73 Å². The van der Waals surface area contributed by atoms with Gasteiger partial charge in [-0.05, 0) is 35.3 Å². The Bertz CT molecular complexity index is 518. The summed E-state index contributed by atoms with van der Waals surface area (Å²) in [5.41, 5.74) is 5.79. The normalized spacial score (nSPS) is 12.8. The fraction of sp³-hybridized carbons (Fsp3) is 0.611. The lowest BCUT2D eigenvalue weighted by Gasteiger charge is -2.39. The van der Waals surface area contributed by atoms with Gasteiger partial charge in [-0.2, -0.15) is 0 Å². The molecule has 0 heterocycles. The smallest absolute Gasteiger partial charge is 0.223 e. The van der Waals surface area contributed by atoms with Crippen molar-refractivity contribution in [3.8, 4) is 0 Å². The van der Waals surface area contributed by atoms with E-state index >= 15 is 0 Å². The summed E-state index contributed by atoms with van der Waals surface area (Å²) in [7, 11) is 0. The summed E-state index contributed by atoms with van der Waals surface area (Å²) in [6.07, 6.45) is 1.21. The second kappa shape index (κ2) is 6.17. The molecule has 0 aliphatic rings. The predicted molar refractivity (Wildman–Crippen MR) is 85.4 cm³/mol. The van der Waals surface area contributed by atoms with Gasteiger partial charge < -0.3 is 5.73 Å². The van der Waals surface area contributed by atoms with E-state index in [0.717, 1.165) is 12.0 Å². The van der Waals surface area contributed by atoms with Gasteiger partial charge in [0.2, 0.25) is 5.91 Å². The van der Waals surface area contributed by atoms with E-state index < -0.39 is 10.8 Å². The SMILES string of the molecule is CC(C)Cc1cccc(CC(C)(C)C(C)(C)C(N)=O)c1F. The Balaban J connectivity index is 3.11. The van der Waals surface area contributed by atoms with Crippen molar-refractivity contribution in [2.24, 2.45) is 22.5 Å². The predicted octanol–water partition coefficient (Wildman–Crippen LogP) is 4.10. The van der Waals surface area contributed by atoms with Gasteiger partial charge in [0.05, 0.1) is 0 Å². The largest absolute Gasteiger partial charge is 0.369 e. The van der Waals surface area contributed by atoms with E-state index in [0.29, 0.717) is 17.9 Å². The van der Waals surface area contributed by atoms with Crippen LogP contribution in [0.5, 0.6) is 0 Å². The van der Waals surface area contributed by atoms with E-state index in [2.05, 4.69) is 13.8 Å². The molecule has 2 nitrogen and oxygen atoms in total. The summed E-state index contributed by atoms with van der Waals surface area (Å²) in [5, 5.41) is 0. The number of carbonyl (C=O) groups is 1. The highest BCUT2D eigenvalue weighted by Crippen LogP contribution is 2.41. The van der Waals surface area contributed by atoms with Crippen molar-refractivity contribution >= 4 is 5.91 Å². The molecule has 0 unspecified atom stereocenters. The minimum absolute atomic E-state index is 0.139. The number of benzene rings is 1. The number of hydrogen-bond donors (Lipinski definition) is 1. The fourth-order valence-electron chi connectivity index (χ4n) is 2.40. The Kier molecular flexibility index (Phi) is 5.19. The van der Waals surface area contributed by atoms with Crippen molar-refractivity contribution < 1.29 is 9.18 Å². The zero-order valence-electron chi connectivity index (χ0n) is 14.1. The summed E-state index contributed by atoms with van der Waals surface area (Å²) < 4.78 is 14.6. The third-order valence-corrected chi connectivity index (χ3v) is 4.73. The molecule has 0 bridgehead atoms. The summed E-state index contributed by atoms with van der Waals surface area (Å²) in [6, 6.07) is 5.53. The molecule has 1 aromatic rings. The molecule has 118 valence electrons. The van der Waals surface area contributed by atoms with Crippen LogP contribution in [-0.4, -0.2) is 5.91 Å². The van der Waals surface area contributed by atoms with Crippen molar-refractivity contribution in [1.29, 1.82) is 0 Å². The molecule has 1 amide bonds. The van der Waals surface area contributed by atoms with E-state index in [1.807, 2.05) is 39.8 Å². The van der Waals surface area contributed by atoms with E-state index in [-0.39, 0.29) is 11.7 Å². The van der Waals surface area contributed by atoms with Crippen LogP contribution in [0.25, 0.3) is 0 Å².